The molecule has 0 saturated carbocycles. The Bertz CT molecular complexity index is 1230. The van der Waals surface area contributed by atoms with Gasteiger partial charge >= 0.3 is 0 Å². The second-order valence-corrected chi connectivity index (χ2v) is 10.9. The van der Waals surface area contributed by atoms with Gasteiger partial charge in [0.15, 0.2) is 5.13 Å². The van der Waals surface area contributed by atoms with Crippen LogP contribution in [-0.4, -0.2) is 64.9 Å². The van der Waals surface area contributed by atoms with Gasteiger partial charge in [-0.3, -0.25) is 14.9 Å². The van der Waals surface area contributed by atoms with Crippen molar-refractivity contribution in [3.05, 3.63) is 65.2 Å². The van der Waals surface area contributed by atoms with Crippen LogP contribution in [0, 0.1) is 0 Å². The van der Waals surface area contributed by atoms with E-state index < -0.39 is 0 Å². The van der Waals surface area contributed by atoms with Gasteiger partial charge in [0.1, 0.15) is 17.2 Å². The first-order valence-electron chi connectivity index (χ1n) is 13.3. The van der Waals surface area contributed by atoms with Crippen molar-refractivity contribution in [3.63, 3.8) is 0 Å². The highest BCUT2D eigenvalue weighted by molar-refractivity contribution is 7.13. The number of rotatable bonds is 8. The molecule has 1 aromatic heterocycles. The van der Waals surface area contributed by atoms with Crippen molar-refractivity contribution in [3.8, 4) is 17.2 Å². The third-order valence-corrected chi connectivity index (χ3v) is 7.60. The van der Waals surface area contributed by atoms with E-state index in [2.05, 4.69) is 15.2 Å². The summed E-state index contributed by atoms with van der Waals surface area (Å²) in [4.78, 5) is 34.6. The fourth-order valence-corrected chi connectivity index (χ4v) is 5.61. The number of thiazole rings is 1. The first-order chi connectivity index (χ1) is 18.4. The topological polar surface area (TPSA) is 84.0 Å². The summed E-state index contributed by atoms with van der Waals surface area (Å²) < 4.78 is 11.9. The number of amides is 2. The van der Waals surface area contributed by atoms with Gasteiger partial charge in [0.25, 0.3) is 11.8 Å². The molecule has 9 heteroatoms. The maximum atomic E-state index is 13.1. The zero-order valence-corrected chi connectivity index (χ0v) is 22.7. The molecule has 2 fully saturated rings. The van der Waals surface area contributed by atoms with Crippen LogP contribution in [0.1, 0.15) is 60.2 Å². The van der Waals surface area contributed by atoms with Crippen molar-refractivity contribution in [2.24, 2.45) is 0 Å². The Hall–Kier alpha value is -3.43. The SMILES string of the molecule is CC(C)Oc1cc(Oc2ccc(C(=O)N3CCC(N4CCCC4)CC3)cc2)cc(C(=O)Nc2nccs2)c1. The molecule has 2 aliphatic rings. The molecule has 0 unspecified atom stereocenters. The summed E-state index contributed by atoms with van der Waals surface area (Å²) in [7, 11) is 0. The van der Waals surface area contributed by atoms with Crippen LogP contribution < -0.4 is 14.8 Å². The van der Waals surface area contributed by atoms with Crippen molar-refractivity contribution in [2.45, 2.75) is 51.7 Å². The molecule has 1 N–H and O–H groups in total. The molecular formula is C29H34N4O4S. The highest BCUT2D eigenvalue weighted by Gasteiger charge is 2.28. The number of hydrogen-bond donors (Lipinski definition) is 1. The largest absolute Gasteiger partial charge is 0.491 e. The normalized spacial score (nSPS) is 16.6. The molecule has 0 spiro atoms. The van der Waals surface area contributed by atoms with Crippen molar-refractivity contribution in [1.29, 1.82) is 0 Å². The van der Waals surface area contributed by atoms with Crippen LogP contribution in [0.15, 0.2) is 54.0 Å². The number of aromatic nitrogens is 1. The number of nitrogens with zero attached hydrogens (tertiary/aromatic N) is 3. The monoisotopic (exact) mass is 534 g/mol. The van der Waals surface area contributed by atoms with Gasteiger partial charge in [-0.15, -0.1) is 11.3 Å². The number of carbonyl (C=O) groups excluding carboxylic acids is 2. The molecule has 3 aromatic rings. The van der Waals surface area contributed by atoms with Gasteiger partial charge in [-0.1, -0.05) is 0 Å². The maximum Gasteiger partial charge on any atom is 0.257 e. The minimum Gasteiger partial charge on any atom is -0.491 e. The van der Waals surface area contributed by atoms with Gasteiger partial charge in [0, 0.05) is 47.9 Å². The maximum absolute atomic E-state index is 13.1. The van der Waals surface area contributed by atoms with Crippen LogP contribution in [0.3, 0.4) is 0 Å². The van der Waals surface area contributed by atoms with E-state index in [1.807, 2.05) is 18.7 Å². The zero-order chi connectivity index (χ0) is 26.5. The zero-order valence-electron chi connectivity index (χ0n) is 21.9. The van der Waals surface area contributed by atoms with Gasteiger partial charge in [-0.25, -0.2) is 4.98 Å². The molecule has 2 aliphatic heterocycles. The molecule has 0 radical (unpaired) electrons. The van der Waals surface area contributed by atoms with E-state index in [4.69, 9.17) is 9.47 Å². The average Bonchev–Trinajstić information content (AvgIpc) is 3.63. The number of ether oxygens (including phenoxy) is 2. The van der Waals surface area contributed by atoms with Crippen molar-refractivity contribution in [2.75, 3.05) is 31.5 Å². The highest BCUT2D eigenvalue weighted by Crippen LogP contribution is 2.30. The summed E-state index contributed by atoms with van der Waals surface area (Å²) in [5, 5.41) is 5.11. The van der Waals surface area contributed by atoms with Crippen LogP contribution in [0.5, 0.6) is 17.2 Å². The van der Waals surface area contributed by atoms with Gasteiger partial charge in [-0.2, -0.15) is 0 Å². The summed E-state index contributed by atoms with van der Waals surface area (Å²) in [6, 6.07) is 12.9. The number of piperidine rings is 1. The second kappa shape index (κ2) is 12.0. The van der Waals surface area contributed by atoms with Gasteiger partial charge < -0.3 is 19.3 Å². The van der Waals surface area contributed by atoms with Gasteiger partial charge in [0.2, 0.25) is 0 Å². The molecule has 0 aliphatic carbocycles. The van der Waals surface area contributed by atoms with Crippen molar-refractivity contribution >= 4 is 28.3 Å². The number of likely N-dealkylation sites (tertiary alicyclic amines) is 2. The summed E-state index contributed by atoms with van der Waals surface area (Å²) in [5.41, 5.74) is 1.05. The Balaban J connectivity index is 1.24. The smallest absolute Gasteiger partial charge is 0.257 e. The highest BCUT2D eigenvalue weighted by atomic mass is 32.1. The fourth-order valence-electron chi connectivity index (χ4n) is 5.08. The van der Waals surface area contributed by atoms with E-state index >= 15 is 0 Å². The molecule has 200 valence electrons. The fraction of sp³-hybridized carbons (Fsp3) is 0.414. The molecule has 2 aromatic carbocycles. The molecule has 3 heterocycles. The average molecular weight is 535 g/mol. The van der Waals surface area contributed by atoms with Crippen LogP contribution in [0.4, 0.5) is 5.13 Å². The molecule has 2 amide bonds. The lowest BCUT2D eigenvalue weighted by Gasteiger charge is -2.36. The number of carbonyl (C=O) groups is 2. The van der Waals surface area contributed by atoms with Crippen LogP contribution in [0.25, 0.3) is 0 Å². The second-order valence-electron chi connectivity index (χ2n) is 10.0. The van der Waals surface area contributed by atoms with Gasteiger partial charge in [-0.05, 0) is 89.0 Å². The van der Waals surface area contributed by atoms with E-state index in [9.17, 15) is 9.59 Å². The van der Waals surface area contributed by atoms with E-state index in [-0.39, 0.29) is 17.9 Å². The summed E-state index contributed by atoms with van der Waals surface area (Å²) in [5.74, 6) is 1.34. The molecule has 38 heavy (non-hydrogen) atoms. The lowest BCUT2D eigenvalue weighted by Crippen LogP contribution is -2.45. The van der Waals surface area contributed by atoms with Crippen LogP contribution in [0.2, 0.25) is 0 Å². The van der Waals surface area contributed by atoms with E-state index in [1.54, 1.807) is 54.0 Å². The third-order valence-electron chi connectivity index (χ3n) is 6.91. The van der Waals surface area contributed by atoms with Crippen LogP contribution >= 0.6 is 11.3 Å². The van der Waals surface area contributed by atoms with Crippen molar-refractivity contribution < 1.29 is 19.1 Å². The van der Waals surface area contributed by atoms with Gasteiger partial charge in [0.05, 0.1) is 6.10 Å². The first-order valence-corrected chi connectivity index (χ1v) is 14.2. The quantitative estimate of drug-likeness (QED) is 0.401. The predicted octanol–water partition coefficient (Wildman–Crippen LogP) is 5.68. The van der Waals surface area contributed by atoms with E-state index in [0.717, 1.165) is 25.9 Å². The first kappa shape index (κ1) is 26.2. The number of nitrogens with one attached hydrogen (secondary N) is 1. The standard InChI is InChI=1S/C29H34N4O4S/c1-20(2)36-25-17-22(27(34)31-29-30-11-16-38-29)18-26(19-25)37-24-7-5-21(6-8-24)28(35)33-14-9-23(10-15-33)32-12-3-4-13-32/h5-8,11,16-20,23H,3-4,9-10,12-15H2,1-2H3,(H,30,31,34). The molecular weight excluding hydrogens is 500 g/mol. The Morgan fingerprint density at radius 2 is 1.66 bits per heavy atom. The van der Waals surface area contributed by atoms with Crippen molar-refractivity contribution in [1.82, 2.24) is 14.8 Å². The molecule has 8 nitrogen and oxygen atoms in total. The summed E-state index contributed by atoms with van der Waals surface area (Å²) in [6.45, 7) is 7.84. The molecule has 0 bridgehead atoms. The van der Waals surface area contributed by atoms with E-state index in [0.29, 0.717) is 39.5 Å². The Morgan fingerprint density at radius 3 is 2.32 bits per heavy atom. The Kier molecular flexibility index (Phi) is 8.24. The molecule has 0 atom stereocenters. The summed E-state index contributed by atoms with van der Waals surface area (Å²) in [6.07, 6.45) is 6.25. The molecule has 2 saturated heterocycles. The predicted molar refractivity (Wildman–Crippen MR) is 149 cm³/mol. The number of hydrogen-bond acceptors (Lipinski definition) is 7. The Morgan fingerprint density at radius 1 is 0.947 bits per heavy atom. The lowest BCUT2D eigenvalue weighted by molar-refractivity contribution is 0.0644. The van der Waals surface area contributed by atoms with Crippen LogP contribution in [-0.2, 0) is 0 Å². The minimum absolute atomic E-state index is 0.0601. The third kappa shape index (κ3) is 6.52. The lowest BCUT2D eigenvalue weighted by atomic mass is 10.0. The summed E-state index contributed by atoms with van der Waals surface area (Å²) >= 11 is 1.35. The molecule has 5 rings (SSSR count). The Labute approximate surface area is 227 Å². The van der Waals surface area contributed by atoms with E-state index in [1.165, 1.54) is 37.3 Å². The number of anilines is 1. The minimum atomic E-state index is -0.298. The number of benzene rings is 2.